The lowest BCUT2D eigenvalue weighted by Gasteiger charge is -2.19. The van der Waals surface area contributed by atoms with E-state index in [1.165, 1.54) is 0 Å². The third-order valence-electron chi connectivity index (χ3n) is 2.51. The Hall–Kier alpha value is -1.36. The summed E-state index contributed by atoms with van der Waals surface area (Å²) in [4.78, 5) is 13.7. The zero-order chi connectivity index (χ0) is 11.4. The highest BCUT2D eigenvalue weighted by atomic mass is 16.1. The molecule has 1 rings (SSSR count). The van der Waals surface area contributed by atoms with Crippen LogP contribution < -0.4 is 5.32 Å². The molecule has 1 unspecified atom stereocenters. The van der Waals surface area contributed by atoms with E-state index >= 15 is 0 Å². The van der Waals surface area contributed by atoms with Gasteiger partial charge in [0.05, 0.1) is 11.8 Å². The summed E-state index contributed by atoms with van der Waals surface area (Å²) in [6.45, 7) is 4.52. The fourth-order valence-corrected chi connectivity index (χ4v) is 1.10. The van der Waals surface area contributed by atoms with Gasteiger partial charge in [-0.05, 0) is 27.9 Å². The molecule has 0 aromatic carbocycles. The first kappa shape index (κ1) is 11.7. The molecule has 1 aromatic rings. The molecule has 1 heterocycles. The molecule has 0 bridgehead atoms. The highest BCUT2D eigenvalue weighted by molar-refractivity contribution is 5.94. The fourth-order valence-electron chi connectivity index (χ4n) is 1.10. The maximum Gasteiger partial charge on any atom is 0.254 e. The second-order valence-corrected chi connectivity index (χ2v) is 3.93. The average Bonchev–Trinajstić information content (AvgIpc) is 2.60. The summed E-state index contributed by atoms with van der Waals surface area (Å²) in [5, 5.41) is 9.41. The molecule has 0 aliphatic carbocycles. The van der Waals surface area contributed by atoms with E-state index in [0.29, 0.717) is 18.2 Å². The van der Waals surface area contributed by atoms with Crippen LogP contribution in [0.5, 0.6) is 0 Å². The highest BCUT2D eigenvalue weighted by Crippen LogP contribution is 2.01. The molecule has 5 nitrogen and oxygen atoms in total. The van der Waals surface area contributed by atoms with Gasteiger partial charge in [-0.2, -0.15) is 5.10 Å². The third kappa shape index (κ3) is 3.06. The van der Waals surface area contributed by atoms with Crippen molar-refractivity contribution < 1.29 is 4.79 Å². The minimum absolute atomic E-state index is 0.0741. The minimum atomic E-state index is -0.0741. The Bertz CT molecular complexity index is 332. The number of nitrogens with one attached hydrogen (secondary N) is 2. The van der Waals surface area contributed by atoms with Gasteiger partial charge in [-0.1, -0.05) is 0 Å². The second-order valence-electron chi connectivity index (χ2n) is 3.93. The predicted octanol–water partition coefficient (Wildman–Crippen LogP) is 0.398. The van der Waals surface area contributed by atoms with Crippen molar-refractivity contribution in [1.29, 1.82) is 0 Å². The first-order chi connectivity index (χ1) is 7.02. The molecule has 2 N–H and O–H groups in total. The lowest BCUT2D eigenvalue weighted by atomic mass is 10.2. The van der Waals surface area contributed by atoms with Gasteiger partial charge in [-0.15, -0.1) is 0 Å². The number of aromatic nitrogens is 2. The molecule has 0 aliphatic heterocycles. The largest absolute Gasteiger partial charge is 0.350 e. The number of aryl methyl sites for hydroxylation is 1. The number of aromatic amines is 1. The molecule has 5 heteroatoms. The Morgan fingerprint density at radius 3 is 2.80 bits per heavy atom. The molecule has 1 aromatic heterocycles. The van der Waals surface area contributed by atoms with Crippen LogP contribution in [0.4, 0.5) is 0 Å². The van der Waals surface area contributed by atoms with E-state index in [9.17, 15) is 4.79 Å². The van der Waals surface area contributed by atoms with Gasteiger partial charge < -0.3 is 10.2 Å². The molecular formula is C10H18N4O. The van der Waals surface area contributed by atoms with Crippen LogP contribution in [-0.2, 0) is 0 Å². The van der Waals surface area contributed by atoms with Gasteiger partial charge in [0.2, 0.25) is 0 Å². The fraction of sp³-hybridized carbons (Fsp3) is 0.600. The van der Waals surface area contributed by atoms with E-state index < -0.39 is 0 Å². The van der Waals surface area contributed by atoms with Crippen LogP contribution in [0.2, 0.25) is 0 Å². The van der Waals surface area contributed by atoms with Gasteiger partial charge >= 0.3 is 0 Å². The summed E-state index contributed by atoms with van der Waals surface area (Å²) in [5.74, 6) is -0.0741. The van der Waals surface area contributed by atoms with Crippen molar-refractivity contribution in [3.8, 4) is 0 Å². The highest BCUT2D eigenvalue weighted by Gasteiger charge is 2.12. The Balaban J connectivity index is 2.47. The zero-order valence-electron chi connectivity index (χ0n) is 9.66. The van der Waals surface area contributed by atoms with Gasteiger partial charge in [0.1, 0.15) is 0 Å². The number of amides is 1. The summed E-state index contributed by atoms with van der Waals surface area (Å²) in [6.07, 6.45) is 1.55. The Kier molecular flexibility index (Phi) is 3.85. The van der Waals surface area contributed by atoms with Crippen molar-refractivity contribution in [1.82, 2.24) is 20.4 Å². The number of carbonyl (C=O) groups is 1. The Morgan fingerprint density at radius 1 is 1.67 bits per heavy atom. The van der Waals surface area contributed by atoms with Crippen molar-refractivity contribution in [2.24, 2.45) is 0 Å². The molecule has 0 aliphatic rings. The topological polar surface area (TPSA) is 61.0 Å². The van der Waals surface area contributed by atoms with Crippen molar-refractivity contribution in [3.05, 3.63) is 17.5 Å². The summed E-state index contributed by atoms with van der Waals surface area (Å²) in [6, 6.07) is 0.321. The normalized spacial score (nSPS) is 12.9. The quantitative estimate of drug-likeness (QED) is 0.756. The smallest absolute Gasteiger partial charge is 0.254 e. The van der Waals surface area contributed by atoms with E-state index in [-0.39, 0.29) is 5.91 Å². The number of nitrogens with zero attached hydrogens (tertiary/aromatic N) is 2. The Morgan fingerprint density at radius 2 is 2.33 bits per heavy atom. The van der Waals surface area contributed by atoms with E-state index in [2.05, 4.69) is 27.3 Å². The molecule has 15 heavy (non-hydrogen) atoms. The number of likely N-dealkylation sites (N-methyl/N-ethyl adjacent to an activating group) is 1. The number of hydrogen-bond donors (Lipinski definition) is 2. The standard InChI is InChI=1S/C10H18N4O/c1-7(14(3)4)5-11-10(15)9-6-12-13-8(9)2/h6-7H,5H2,1-4H3,(H,11,15)(H,12,13). The molecule has 0 spiro atoms. The van der Waals surface area contributed by atoms with Gasteiger partial charge in [-0.3, -0.25) is 9.89 Å². The van der Waals surface area contributed by atoms with E-state index in [1.54, 1.807) is 6.20 Å². The molecular weight excluding hydrogens is 192 g/mol. The van der Waals surface area contributed by atoms with Crippen molar-refractivity contribution in [2.45, 2.75) is 19.9 Å². The van der Waals surface area contributed by atoms with E-state index in [1.807, 2.05) is 21.0 Å². The molecule has 0 radical (unpaired) electrons. The lowest BCUT2D eigenvalue weighted by Crippen LogP contribution is -2.38. The van der Waals surface area contributed by atoms with Crippen LogP contribution in [0.25, 0.3) is 0 Å². The SMILES string of the molecule is Cc1[nH]ncc1C(=O)NCC(C)N(C)C. The first-order valence-corrected chi connectivity index (χ1v) is 4.97. The van der Waals surface area contributed by atoms with Gasteiger partial charge in [0, 0.05) is 18.3 Å². The Labute approximate surface area is 89.9 Å². The first-order valence-electron chi connectivity index (χ1n) is 4.97. The molecule has 84 valence electrons. The van der Waals surface area contributed by atoms with Crippen molar-refractivity contribution >= 4 is 5.91 Å². The van der Waals surface area contributed by atoms with Crippen molar-refractivity contribution in [2.75, 3.05) is 20.6 Å². The maximum atomic E-state index is 11.7. The molecule has 0 saturated heterocycles. The van der Waals surface area contributed by atoms with Crippen LogP contribution in [0.15, 0.2) is 6.20 Å². The van der Waals surface area contributed by atoms with E-state index in [0.717, 1.165) is 5.69 Å². The van der Waals surface area contributed by atoms with Crippen LogP contribution in [-0.4, -0.2) is 47.7 Å². The number of carbonyl (C=O) groups excluding carboxylic acids is 1. The monoisotopic (exact) mass is 210 g/mol. The van der Waals surface area contributed by atoms with Crippen LogP contribution in [0, 0.1) is 6.92 Å². The average molecular weight is 210 g/mol. The van der Waals surface area contributed by atoms with Crippen LogP contribution in [0.3, 0.4) is 0 Å². The molecule has 1 amide bonds. The van der Waals surface area contributed by atoms with Crippen LogP contribution >= 0.6 is 0 Å². The van der Waals surface area contributed by atoms with Gasteiger partial charge in [0.15, 0.2) is 0 Å². The summed E-state index contributed by atoms with van der Waals surface area (Å²) in [7, 11) is 3.97. The molecule has 0 fully saturated rings. The van der Waals surface area contributed by atoms with E-state index in [4.69, 9.17) is 0 Å². The number of hydrogen-bond acceptors (Lipinski definition) is 3. The third-order valence-corrected chi connectivity index (χ3v) is 2.51. The maximum absolute atomic E-state index is 11.7. The summed E-state index contributed by atoms with van der Waals surface area (Å²) in [5.41, 5.74) is 1.41. The summed E-state index contributed by atoms with van der Waals surface area (Å²) < 4.78 is 0. The second kappa shape index (κ2) is 4.93. The number of rotatable bonds is 4. The molecule has 0 saturated carbocycles. The zero-order valence-corrected chi connectivity index (χ0v) is 9.66. The summed E-state index contributed by atoms with van der Waals surface area (Å²) >= 11 is 0. The minimum Gasteiger partial charge on any atom is -0.350 e. The predicted molar refractivity (Wildman–Crippen MR) is 58.8 cm³/mol. The van der Waals surface area contributed by atoms with Gasteiger partial charge in [-0.25, -0.2) is 0 Å². The van der Waals surface area contributed by atoms with Crippen molar-refractivity contribution in [3.63, 3.8) is 0 Å². The lowest BCUT2D eigenvalue weighted by molar-refractivity contribution is 0.0943. The van der Waals surface area contributed by atoms with Crippen LogP contribution in [0.1, 0.15) is 23.0 Å². The number of H-pyrrole nitrogens is 1. The molecule has 1 atom stereocenters. The van der Waals surface area contributed by atoms with Gasteiger partial charge in [0.25, 0.3) is 5.91 Å².